The van der Waals surface area contributed by atoms with Crippen molar-refractivity contribution in [2.45, 2.75) is 34.2 Å². The van der Waals surface area contributed by atoms with Crippen LogP contribution in [0.1, 0.15) is 30.7 Å². The van der Waals surface area contributed by atoms with E-state index in [1.165, 1.54) is 11.1 Å². The summed E-state index contributed by atoms with van der Waals surface area (Å²) < 4.78 is 5.99. The fourth-order valence-electron chi connectivity index (χ4n) is 2.07. The number of hydrogen-bond donors (Lipinski definition) is 1. The molecule has 0 aliphatic rings. The number of hydrogen-bond acceptors (Lipinski definition) is 3. The standard InChI is InChI=1S/C18H24N2O/c1-13(2)11-19-12-16-10-17(8-9-20-16)21-18-7-5-6-14(3)15(18)4/h5-10,13,19H,11-12H2,1-4H3. The smallest absolute Gasteiger partial charge is 0.130 e. The molecule has 0 saturated heterocycles. The Morgan fingerprint density at radius 3 is 2.76 bits per heavy atom. The van der Waals surface area contributed by atoms with E-state index >= 15 is 0 Å². The molecular weight excluding hydrogens is 260 g/mol. The van der Waals surface area contributed by atoms with E-state index in [0.29, 0.717) is 5.92 Å². The first-order valence-electron chi connectivity index (χ1n) is 7.46. The highest BCUT2D eigenvalue weighted by atomic mass is 16.5. The third kappa shape index (κ3) is 4.57. The maximum atomic E-state index is 5.99. The molecule has 0 aliphatic carbocycles. The van der Waals surface area contributed by atoms with Gasteiger partial charge in [-0.15, -0.1) is 0 Å². The van der Waals surface area contributed by atoms with Gasteiger partial charge in [0, 0.05) is 18.8 Å². The monoisotopic (exact) mass is 284 g/mol. The van der Waals surface area contributed by atoms with E-state index < -0.39 is 0 Å². The summed E-state index contributed by atoms with van der Waals surface area (Å²) >= 11 is 0. The van der Waals surface area contributed by atoms with Gasteiger partial charge in [0.25, 0.3) is 0 Å². The Morgan fingerprint density at radius 2 is 2.00 bits per heavy atom. The van der Waals surface area contributed by atoms with Crippen LogP contribution in [0.2, 0.25) is 0 Å². The van der Waals surface area contributed by atoms with Crippen LogP contribution in [0.4, 0.5) is 0 Å². The van der Waals surface area contributed by atoms with Crippen LogP contribution in [0.15, 0.2) is 36.5 Å². The highest BCUT2D eigenvalue weighted by Gasteiger charge is 2.05. The summed E-state index contributed by atoms with van der Waals surface area (Å²) in [4.78, 5) is 4.38. The number of benzene rings is 1. The van der Waals surface area contributed by atoms with Crippen molar-refractivity contribution < 1.29 is 4.74 Å². The first-order valence-corrected chi connectivity index (χ1v) is 7.46. The number of aromatic nitrogens is 1. The molecule has 1 heterocycles. The average Bonchev–Trinajstić information content (AvgIpc) is 2.44. The lowest BCUT2D eigenvalue weighted by atomic mass is 10.1. The fraction of sp³-hybridized carbons (Fsp3) is 0.389. The molecule has 112 valence electrons. The van der Waals surface area contributed by atoms with E-state index in [1.54, 1.807) is 6.20 Å². The zero-order valence-corrected chi connectivity index (χ0v) is 13.3. The maximum absolute atomic E-state index is 5.99. The second-order valence-electron chi connectivity index (χ2n) is 5.81. The van der Waals surface area contributed by atoms with Crippen LogP contribution in [0.25, 0.3) is 0 Å². The highest BCUT2D eigenvalue weighted by Crippen LogP contribution is 2.26. The van der Waals surface area contributed by atoms with Crippen molar-refractivity contribution in [2.75, 3.05) is 6.54 Å². The van der Waals surface area contributed by atoms with Gasteiger partial charge in [-0.2, -0.15) is 0 Å². The predicted octanol–water partition coefficient (Wildman–Crippen LogP) is 4.24. The minimum atomic E-state index is 0.638. The van der Waals surface area contributed by atoms with E-state index in [-0.39, 0.29) is 0 Å². The van der Waals surface area contributed by atoms with E-state index in [2.05, 4.69) is 44.1 Å². The second kappa shape index (κ2) is 7.23. The number of aryl methyl sites for hydroxylation is 1. The number of nitrogens with zero attached hydrogens (tertiary/aromatic N) is 1. The second-order valence-corrected chi connectivity index (χ2v) is 5.81. The number of nitrogens with one attached hydrogen (secondary N) is 1. The molecule has 3 heteroatoms. The van der Waals surface area contributed by atoms with E-state index in [4.69, 9.17) is 4.74 Å². The molecule has 0 saturated carbocycles. The quantitative estimate of drug-likeness (QED) is 0.861. The Bertz CT molecular complexity index is 594. The summed E-state index contributed by atoms with van der Waals surface area (Å²) in [6, 6.07) is 10.0. The molecule has 0 unspecified atom stereocenters. The molecule has 2 aromatic rings. The largest absolute Gasteiger partial charge is 0.457 e. The minimum absolute atomic E-state index is 0.638. The van der Waals surface area contributed by atoms with Gasteiger partial charge < -0.3 is 10.1 Å². The van der Waals surface area contributed by atoms with E-state index in [0.717, 1.165) is 30.3 Å². The van der Waals surface area contributed by atoms with Crippen LogP contribution in [-0.2, 0) is 6.54 Å². The topological polar surface area (TPSA) is 34.1 Å². The van der Waals surface area contributed by atoms with Gasteiger partial charge in [-0.3, -0.25) is 4.98 Å². The lowest BCUT2D eigenvalue weighted by Gasteiger charge is -2.12. The summed E-state index contributed by atoms with van der Waals surface area (Å²) in [5, 5.41) is 3.39. The Labute approximate surface area is 127 Å². The summed E-state index contributed by atoms with van der Waals surface area (Å²) in [5.74, 6) is 2.38. The van der Waals surface area contributed by atoms with E-state index in [9.17, 15) is 0 Å². The molecule has 0 radical (unpaired) electrons. The molecule has 1 N–H and O–H groups in total. The van der Waals surface area contributed by atoms with Gasteiger partial charge in [-0.05, 0) is 49.6 Å². The van der Waals surface area contributed by atoms with Crippen LogP contribution in [0.3, 0.4) is 0 Å². The van der Waals surface area contributed by atoms with Crippen molar-refractivity contribution in [1.29, 1.82) is 0 Å². The Kier molecular flexibility index (Phi) is 5.34. The normalized spacial score (nSPS) is 10.9. The van der Waals surface area contributed by atoms with Gasteiger partial charge in [-0.1, -0.05) is 26.0 Å². The van der Waals surface area contributed by atoms with E-state index in [1.807, 2.05) is 24.3 Å². The summed E-state index contributed by atoms with van der Waals surface area (Å²) in [6.45, 7) is 10.3. The van der Waals surface area contributed by atoms with Crippen molar-refractivity contribution in [3.05, 3.63) is 53.3 Å². The predicted molar refractivity (Wildman–Crippen MR) is 86.8 cm³/mol. The molecule has 0 spiro atoms. The lowest BCUT2D eigenvalue weighted by Crippen LogP contribution is -2.19. The van der Waals surface area contributed by atoms with Gasteiger partial charge >= 0.3 is 0 Å². The Balaban J connectivity index is 2.05. The molecule has 0 aliphatic heterocycles. The summed E-state index contributed by atoms with van der Waals surface area (Å²) in [5.41, 5.74) is 3.41. The van der Waals surface area contributed by atoms with Crippen molar-refractivity contribution in [1.82, 2.24) is 10.3 Å². The fourth-order valence-corrected chi connectivity index (χ4v) is 2.07. The highest BCUT2D eigenvalue weighted by molar-refractivity contribution is 5.41. The first-order chi connectivity index (χ1) is 10.1. The molecule has 0 amide bonds. The van der Waals surface area contributed by atoms with Crippen LogP contribution < -0.4 is 10.1 Å². The van der Waals surface area contributed by atoms with Gasteiger partial charge in [0.1, 0.15) is 11.5 Å². The number of ether oxygens (including phenoxy) is 1. The number of pyridine rings is 1. The summed E-state index contributed by atoms with van der Waals surface area (Å²) in [6.07, 6.45) is 1.80. The average molecular weight is 284 g/mol. The maximum Gasteiger partial charge on any atom is 0.130 e. The molecular formula is C18H24N2O. The zero-order chi connectivity index (χ0) is 15.2. The van der Waals surface area contributed by atoms with Crippen molar-refractivity contribution in [3.63, 3.8) is 0 Å². The number of rotatable bonds is 6. The van der Waals surface area contributed by atoms with Crippen molar-refractivity contribution >= 4 is 0 Å². The summed E-state index contributed by atoms with van der Waals surface area (Å²) in [7, 11) is 0. The molecule has 1 aromatic heterocycles. The van der Waals surface area contributed by atoms with Crippen LogP contribution in [0.5, 0.6) is 11.5 Å². The third-order valence-electron chi connectivity index (χ3n) is 3.43. The van der Waals surface area contributed by atoms with Crippen molar-refractivity contribution in [2.24, 2.45) is 5.92 Å². The zero-order valence-electron chi connectivity index (χ0n) is 13.3. The van der Waals surface area contributed by atoms with Gasteiger partial charge in [-0.25, -0.2) is 0 Å². The van der Waals surface area contributed by atoms with Gasteiger partial charge in [0.2, 0.25) is 0 Å². The molecule has 0 bridgehead atoms. The molecule has 1 aromatic carbocycles. The van der Waals surface area contributed by atoms with Crippen molar-refractivity contribution in [3.8, 4) is 11.5 Å². The van der Waals surface area contributed by atoms with Crippen LogP contribution in [0, 0.1) is 19.8 Å². The van der Waals surface area contributed by atoms with Crippen LogP contribution >= 0.6 is 0 Å². The third-order valence-corrected chi connectivity index (χ3v) is 3.43. The SMILES string of the molecule is Cc1cccc(Oc2ccnc(CNCC(C)C)c2)c1C. The Morgan fingerprint density at radius 1 is 1.19 bits per heavy atom. The Hall–Kier alpha value is -1.87. The minimum Gasteiger partial charge on any atom is -0.457 e. The van der Waals surface area contributed by atoms with Crippen LogP contribution in [-0.4, -0.2) is 11.5 Å². The molecule has 0 fully saturated rings. The molecule has 0 atom stereocenters. The van der Waals surface area contributed by atoms with Gasteiger partial charge in [0.05, 0.1) is 5.69 Å². The lowest BCUT2D eigenvalue weighted by molar-refractivity contribution is 0.475. The molecule has 2 rings (SSSR count). The first kappa shape index (κ1) is 15.5. The molecule has 3 nitrogen and oxygen atoms in total. The van der Waals surface area contributed by atoms with Gasteiger partial charge in [0.15, 0.2) is 0 Å². The molecule has 21 heavy (non-hydrogen) atoms.